The summed E-state index contributed by atoms with van der Waals surface area (Å²) in [5.74, 6) is 0.176. The Balaban J connectivity index is 1.69. The van der Waals surface area contributed by atoms with Gasteiger partial charge in [-0.2, -0.15) is 5.10 Å². The van der Waals surface area contributed by atoms with Crippen molar-refractivity contribution in [3.05, 3.63) is 41.8 Å². The number of halogens is 1. The highest BCUT2D eigenvalue weighted by molar-refractivity contribution is 5.91. The van der Waals surface area contributed by atoms with Gasteiger partial charge < -0.3 is 11.1 Å². The zero-order valence-electron chi connectivity index (χ0n) is 14.6. The number of aryl methyl sites for hydroxylation is 1. The van der Waals surface area contributed by atoms with Gasteiger partial charge in [0, 0.05) is 12.6 Å². The summed E-state index contributed by atoms with van der Waals surface area (Å²) in [6.07, 6.45) is 1.00. The van der Waals surface area contributed by atoms with Crippen molar-refractivity contribution in [3.8, 4) is 5.69 Å². The van der Waals surface area contributed by atoms with Crippen molar-refractivity contribution >= 4 is 11.7 Å². The number of amides is 1. The van der Waals surface area contributed by atoms with Crippen LogP contribution in [0.4, 0.5) is 10.2 Å². The average molecular weight is 345 g/mol. The summed E-state index contributed by atoms with van der Waals surface area (Å²) < 4.78 is 14.7. The zero-order valence-corrected chi connectivity index (χ0v) is 14.6. The first kappa shape index (κ1) is 17.6. The van der Waals surface area contributed by atoms with Gasteiger partial charge in [-0.05, 0) is 56.1 Å². The number of nitrogens with two attached hydrogens (primary N) is 1. The Bertz CT molecular complexity index is 757. The van der Waals surface area contributed by atoms with Crippen LogP contribution < -0.4 is 11.1 Å². The van der Waals surface area contributed by atoms with Gasteiger partial charge in [-0.1, -0.05) is 6.92 Å². The topological polar surface area (TPSA) is 76.2 Å². The van der Waals surface area contributed by atoms with E-state index in [9.17, 15) is 9.18 Å². The number of aromatic nitrogens is 2. The second-order valence-electron chi connectivity index (χ2n) is 7.08. The summed E-state index contributed by atoms with van der Waals surface area (Å²) in [6.45, 7) is 6.65. The monoisotopic (exact) mass is 345 g/mol. The van der Waals surface area contributed by atoms with Crippen LogP contribution >= 0.6 is 0 Å². The molecule has 6 nitrogen and oxygen atoms in total. The fraction of sp³-hybridized carbons (Fsp3) is 0.444. The van der Waals surface area contributed by atoms with Crippen molar-refractivity contribution in [1.29, 1.82) is 0 Å². The molecule has 3 rings (SSSR count). The van der Waals surface area contributed by atoms with E-state index in [2.05, 4.69) is 22.2 Å². The molecule has 1 unspecified atom stereocenters. The number of rotatable bonds is 5. The fourth-order valence-corrected chi connectivity index (χ4v) is 3.18. The van der Waals surface area contributed by atoms with Gasteiger partial charge in [0.2, 0.25) is 5.91 Å². The molecule has 1 aliphatic rings. The van der Waals surface area contributed by atoms with E-state index < -0.39 is 0 Å². The normalized spacial score (nSPS) is 20.8. The summed E-state index contributed by atoms with van der Waals surface area (Å²) >= 11 is 0. The predicted octanol–water partition coefficient (Wildman–Crippen LogP) is 1.93. The number of hydrogen-bond acceptors (Lipinski definition) is 4. The largest absolute Gasteiger partial charge is 0.330 e. The molecule has 1 fully saturated rings. The van der Waals surface area contributed by atoms with Crippen molar-refractivity contribution in [2.24, 2.45) is 11.1 Å². The number of nitrogens with zero attached hydrogens (tertiary/aromatic N) is 3. The molecule has 1 aromatic carbocycles. The lowest BCUT2D eigenvalue weighted by molar-refractivity contribution is -0.117. The molecule has 0 radical (unpaired) electrons. The van der Waals surface area contributed by atoms with Crippen molar-refractivity contribution in [2.75, 3.05) is 31.5 Å². The first-order valence-electron chi connectivity index (χ1n) is 8.43. The van der Waals surface area contributed by atoms with E-state index in [4.69, 9.17) is 5.73 Å². The van der Waals surface area contributed by atoms with E-state index >= 15 is 0 Å². The molecule has 2 aromatic rings. The highest BCUT2D eigenvalue weighted by Crippen LogP contribution is 2.28. The minimum absolute atomic E-state index is 0.0900. The molecular weight excluding hydrogens is 321 g/mol. The number of carbonyl (C=O) groups is 1. The van der Waals surface area contributed by atoms with Crippen molar-refractivity contribution in [2.45, 2.75) is 20.3 Å². The molecule has 1 aromatic heterocycles. The Morgan fingerprint density at radius 3 is 2.76 bits per heavy atom. The Morgan fingerprint density at radius 1 is 1.40 bits per heavy atom. The standard InChI is InChI=1S/C18H24FN5O/c1-13-9-16(24(22-13)15-5-3-14(19)4-6-15)21-17(25)10-23-8-7-18(2,11-20)12-23/h3-6,9H,7-8,10-12,20H2,1-2H3,(H,21,25). The van der Waals surface area contributed by atoms with E-state index in [1.165, 1.54) is 12.1 Å². The van der Waals surface area contributed by atoms with E-state index in [1.807, 2.05) is 6.92 Å². The van der Waals surface area contributed by atoms with Crippen molar-refractivity contribution in [1.82, 2.24) is 14.7 Å². The molecule has 1 saturated heterocycles. The highest BCUT2D eigenvalue weighted by atomic mass is 19.1. The molecule has 1 atom stereocenters. The quantitative estimate of drug-likeness (QED) is 0.868. The summed E-state index contributed by atoms with van der Waals surface area (Å²) in [5, 5.41) is 7.29. The molecule has 0 bridgehead atoms. The molecule has 7 heteroatoms. The molecule has 25 heavy (non-hydrogen) atoms. The Kier molecular flexibility index (Phi) is 4.87. The third-order valence-electron chi connectivity index (χ3n) is 4.67. The number of anilines is 1. The third kappa shape index (κ3) is 4.05. The minimum atomic E-state index is -0.310. The van der Waals surface area contributed by atoms with Crippen LogP contribution in [0.2, 0.25) is 0 Å². The number of hydrogen-bond donors (Lipinski definition) is 2. The Morgan fingerprint density at radius 2 is 2.12 bits per heavy atom. The highest BCUT2D eigenvalue weighted by Gasteiger charge is 2.33. The van der Waals surface area contributed by atoms with Crippen LogP contribution in [0.3, 0.4) is 0 Å². The molecule has 2 heterocycles. The van der Waals surface area contributed by atoms with Gasteiger partial charge in [0.05, 0.1) is 17.9 Å². The van der Waals surface area contributed by atoms with E-state index in [0.717, 1.165) is 25.2 Å². The minimum Gasteiger partial charge on any atom is -0.330 e. The van der Waals surface area contributed by atoms with Crippen molar-refractivity contribution in [3.63, 3.8) is 0 Å². The molecule has 0 aliphatic carbocycles. The number of benzene rings is 1. The van der Waals surface area contributed by atoms with E-state index in [1.54, 1.807) is 22.9 Å². The molecule has 134 valence electrons. The van der Waals surface area contributed by atoms with Crippen molar-refractivity contribution < 1.29 is 9.18 Å². The fourth-order valence-electron chi connectivity index (χ4n) is 3.18. The second kappa shape index (κ2) is 6.93. The summed E-state index contributed by atoms with van der Waals surface area (Å²) in [7, 11) is 0. The van der Waals surface area contributed by atoms with Gasteiger partial charge in [0.25, 0.3) is 0 Å². The van der Waals surface area contributed by atoms with Crippen LogP contribution in [-0.4, -0.2) is 46.8 Å². The Labute approximate surface area is 146 Å². The summed E-state index contributed by atoms with van der Waals surface area (Å²) in [5.41, 5.74) is 7.38. The van der Waals surface area contributed by atoms with E-state index in [-0.39, 0.29) is 17.1 Å². The molecule has 3 N–H and O–H groups in total. The van der Waals surface area contributed by atoms with Crippen LogP contribution in [0.5, 0.6) is 0 Å². The molecule has 1 amide bonds. The second-order valence-corrected chi connectivity index (χ2v) is 7.08. The van der Waals surface area contributed by atoms with Gasteiger partial charge in [0.15, 0.2) is 0 Å². The van der Waals surface area contributed by atoms with Crippen LogP contribution in [0.15, 0.2) is 30.3 Å². The summed E-state index contributed by atoms with van der Waals surface area (Å²) in [4.78, 5) is 14.5. The molecule has 0 spiro atoms. The van der Waals surface area contributed by atoms with Crippen LogP contribution in [-0.2, 0) is 4.79 Å². The molecule has 1 aliphatic heterocycles. The zero-order chi connectivity index (χ0) is 18.0. The first-order valence-corrected chi connectivity index (χ1v) is 8.43. The Hall–Kier alpha value is -2.25. The van der Waals surface area contributed by atoms with Gasteiger partial charge in [-0.25, -0.2) is 9.07 Å². The maximum atomic E-state index is 13.1. The lowest BCUT2D eigenvalue weighted by Gasteiger charge is -2.22. The van der Waals surface area contributed by atoms with Gasteiger partial charge in [0.1, 0.15) is 11.6 Å². The van der Waals surface area contributed by atoms with Crippen LogP contribution in [0, 0.1) is 18.2 Å². The maximum Gasteiger partial charge on any atom is 0.239 e. The lowest BCUT2D eigenvalue weighted by atomic mass is 9.90. The maximum absolute atomic E-state index is 13.1. The predicted molar refractivity (Wildman–Crippen MR) is 95.1 cm³/mol. The number of nitrogens with one attached hydrogen (secondary N) is 1. The average Bonchev–Trinajstić information content (AvgIpc) is 3.12. The third-order valence-corrected chi connectivity index (χ3v) is 4.67. The smallest absolute Gasteiger partial charge is 0.239 e. The number of carbonyl (C=O) groups excluding carboxylic acids is 1. The lowest BCUT2D eigenvalue weighted by Crippen LogP contribution is -2.35. The van der Waals surface area contributed by atoms with Crippen LogP contribution in [0.1, 0.15) is 19.0 Å². The van der Waals surface area contributed by atoms with E-state index in [0.29, 0.717) is 24.6 Å². The molecule has 0 saturated carbocycles. The van der Waals surface area contributed by atoms with Gasteiger partial charge in [-0.3, -0.25) is 9.69 Å². The van der Waals surface area contributed by atoms with Crippen LogP contribution in [0.25, 0.3) is 5.69 Å². The van der Waals surface area contributed by atoms with Gasteiger partial charge in [-0.15, -0.1) is 0 Å². The number of likely N-dealkylation sites (tertiary alicyclic amines) is 1. The SMILES string of the molecule is Cc1cc(NC(=O)CN2CCC(C)(CN)C2)n(-c2ccc(F)cc2)n1. The molecular formula is C18H24FN5O. The first-order chi connectivity index (χ1) is 11.9. The van der Waals surface area contributed by atoms with Gasteiger partial charge >= 0.3 is 0 Å². The summed E-state index contributed by atoms with van der Waals surface area (Å²) in [6, 6.07) is 7.80.